The van der Waals surface area contributed by atoms with Gasteiger partial charge >= 0.3 is 5.97 Å². The monoisotopic (exact) mass is 252 g/mol. The summed E-state index contributed by atoms with van der Waals surface area (Å²) in [5.74, 6) is -0.562. The first-order valence-corrected chi connectivity index (χ1v) is 6.03. The first-order chi connectivity index (χ1) is 8.56. The number of piperidine rings is 1. The van der Waals surface area contributed by atoms with Gasteiger partial charge in [0.2, 0.25) is 0 Å². The van der Waals surface area contributed by atoms with E-state index in [2.05, 4.69) is 0 Å². The Balaban J connectivity index is 1.99. The van der Waals surface area contributed by atoms with Crippen LogP contribution in [0, 0.1) is 5.82 Å². The second kappa shape index (κ2) is 5.25. The number of hydrogen-bond donors (Lipinski definition) is 1. The number of hydrogen-bond acceptors (Lipinski definition) is 4. The van der Waals surface area contributed by atoms with Crippen LogP contribution in [0.15, 0.2) is 18.2 Å². The summed E-state index contributed by atoms with van der Waals surface area (Å²) in [7, 11) is 0. The SMILES string of the molecule is CC(=O)OC1CCN(c2ccc(N)cc2F)CC1. The predicted octanol–water partition coefficient (Wildman–Crippen LogP) is 1.94. The summed E-state index contributed by atoms with van der Waals surface area (Å²) >= 11 is 0. The maximum atomic E-state index is 13.7. The highest BCUT2D eigenvalue weighted by Crippen LogP contribution is 2.25. The van der Waals surface area contributed by atoms with E-state index in [-0.39, 0.29) is 17.9 Å². The quantitative estimate of drug-likeness (QED) is 0.645. The lowest BCUT2D eigenvalue weighted by Crippen LogP contribution is -2.38. The number of halogens is 1. The molecule has 1 saturated heterocycles. The van der Waals surface area contributed by atoms with Crippen molar-refractivity contribution >= 4 is 17.3 Å². The number of benzene rings is 1. The predicted molar refractivity (Wildman–Crippen MR) is 67.8 cm³/mol. The minimum absolute atomic E-state index is 0.0457. The van der Waals surface area contributed by atoms with Crippen LogP contribution in [-0.4, -0.2) is 25.2 Å². The van der Waals surface area contributed by atoms with Crippen LogP contribution in [0.25, 0.3) is 0 Å². The van der Waals surface area contributed by atoms with Crippen LogP contribution in [0.5, 0.6) is 0 Å². The molecule has 0 bridgehead atoms. The Labute approximate surface area is 106 Å². The summed E-state index contributed by atoms with van der Waals surface area (Å²) in [5.41, 5.74) is 6.50. The molecule has 18 heavy (non-hydrogen) atoms. The van der Waals surface area contributed by atoms with Gasteiger partial charge in [0.05, 0.1) is 5.69 Å². The van der Waals surface area contributed by atoms with Gasteiger partial charge in [0.1, 0.15) is 11.9 Å². The molecule has 5 heteroatoms. The fourth-order valence-electron chi connectivity index (χ4n) is 2.23. The number of nitrogens with zero attached hydrogens (tertiary/aromatic N) is 1. The van der Waals surface area contributed by atoms with E-state index >= 15 is 0 Å². The highest BCUT2D eigenvalue weighted by atomic mass is 19.1. The molecule has 0 aromatic heterocycles. The summed E-state index contributed by atoms with van der Waals surface area (Å²) in [5, 5.41) is 0. The topological polar surface area (TPSA) is 55.6 Å². The molecule has 2 rings (SSSR count). The zero-order valence-corrected chi connectivity index (χ0v) is 10.4. The van der Waals surface area contributed by atoms with E-state index < -0.39 is 0 Å². The summed E-state index contributed by atoms with van der Waals surface area (Å²) in [6, 6.07) is 4.71. The molecule has 4 nitrogen and oxygen atoms in total. The lowest BCUT2D eigenvalue weighted by molar-refractivity contribution is -0.147. The number of esters is 1. The van der Waals surface area contributed by atoms with E-state index in [1.54, 1.807) is 12.1 Å². The highest BCUT2D eigenvalue weighted by molar-refractivity contribution is 5.66. The summed E-state index contributed by atoms with van der Waals surface area (Å²) in [6.45, 7) is 2.77. The molecular weight excluding hydrogens is 235 g/mol. The number of nitrogens with two attached hydrogens (primary N) is 1. The van der Waals surface area contributed by atoms with Crippen molar-refractivity contribution in [1.29, 1.82) is 0 Å². The molecule has 98 valence electrons. The van der Waals surface area contributed by atoms with Gasteiger partial charge in [-0.2, -0.15) is 0 Å². The minimum atomic E-state index is -0.305. The molecular formula is C13H17FN2O2. The van der Waals surface area contributed by atoms with Gasteiger partial charge in [-0.1, -0.05) is 0 Å². The van der Waals surface area contributed by atoms with Crippen molar-refractivity contribution in [3.63, 3.8) is 0 Å². The number of carbonyl (C=O) groups is 1. The molecule has 0 amide bonds. The average Bonchev–Trinajstić information content (AvgIpc) is 2.30. The van der Waals surface area contributed by atoms with Gasteiger partial charge in [0.25, 0.3) is 0 Å². The van der Waals surface area contributed by atoms with Crippen molar-refractivity contribution < 1.29 is 13.9 Å². The molecule has 0 atom stereocenters. The van der Waals surface area contributed by atoms with Gasteiger partial charge in [-0.05, 0) is 18.2 Å². The number of nitrogen functional groups attached to an aromatic ring is 1. The van der Waals surface area contributed by atoms with E-state index in [0.717, 1.165) is 12.8 Å². The van der Waals surface area contributed by atoms with Gasteiger partial charge in [0.15, 0.2) is 0 Å². The normalized spacial score (nSPS) is 16.7. The fraction of sp³-hybridized carbons (Fsp3) is 0.462. The Morgan fingerprint density at radius 1 is 1.44 bits per heavy atom. The van der Waals surface area contributed by atoms with Crippen LogP contribution in [0.3, 0.4) is 0 Å². The largest absolute Gasteiger partial charge is 0.462 e. The number of anilines is 2. The molecule has 1 aromatic rings. The Morgan fingerprint density at radius 3 is 2.67 bits per heavy atom. The van der Waals surface area contributed by atoms with Crippen molar-refractivity contribution in [3.8, 4) is 0 Å². The van der Waals surface area contributed by atoms with Crippen LogP contribution in [0.1, 0.15) is 19.8 Å². The Bertz CT molecular complexity index is 443. The highest BCUT2D eigenvalue weighted by Gasteiger charge is 2.22. The zero-order valence-electron chi connectivity index (χ0n) is 10.4. The van der Waals surface area contributed by atoms with E-state index in [1.165, 1.54) is 13.0 Å². The molecule has 1 aliphatic heterocycles. The maximum Gasteiger partial charge on any atom is 0.302 e. The standard InChI is InChI=1S/C13H17FN2O2/c1-9(17)18-11-4-6-16(7-5-11)13-3-2-10(15)8-12(13)14/h2-3,8,11H,4-7,15H2,1H3. The van der Waals surface area contributed by atoms with Gasteiger partial charge in [-0.15, -0.1) is 0 Å². The van der Waals surface area contributed by atoms with Crippen molar-refractivity contribution in [3.05, 3.63) is 24.0 Å². The van der Waals surface area contributed by atoms with Gasteiger partial charge in [-0.3, -0.25) is 4.79 Å². The Hall–Kier alpha value is -1.78. The molecule has 1 heterocycles. The minimum Gasteiger partial charge on any atom is -0.462 e. The van der Waals surface area contributed by atoms with E-state index in [0.29, 0.717) is 24.5 Å². The van der Waals surface area contributed by atoms with Crippen LogP contribution >= 0.6 is 0 Å². The van der Waals surface area contributed by atoms with Crippen molar-refractivity contribution in [1.82, 2.24) is 0 Å². The Kier molecular flexibility index (Phi) is 3.69. The van der Waals surface area contributed by atoms with Crippen LogP contribution in [0.2, 0.25) is 0 Å². The lowest BCUT2D eigenvalue weighted by atomic mass is 10.1. The third-order valence-electron chi connectivity index (χ3n) is 3.09. The third-order valence-corrected chi connectivity index (χ3v) is 3.09. The second-order valence-electron chi connectivity index (χ2n) is 4.51. The number of ether oxygens (including phenoxy) is 1. The molecule has 0 radical (unpaired) electrons. The summed E-state index contributed by atoms with van der Waals surface area (Å²) < 4.78 is 18.9. The maximum absolute atomic E-state index is 13.7. The van der Waals surface area contributed by atoms with E-state index in [4.69, 9.17) is 10.5 Å². The molecule has 0 aliphatic carbocycles. The number of carbonyl (C=O) groups excluding carboxylic acids is 1. The molecule has 0 spiro atoms. The van der Waals surface area contributed by atoms with Gasteiger partial charge in [-0.25, -0.2) is 4.39 Å². The van der Waals surface area contributed by atoms with Crippen molar-refractivity contribution in [2.75, 3.05) is 23.7 Å². The molecule has 1 aliphatic rings. The van der Waals surface area contributed by atoms with Crippen LogP contribution < -0.4 is 10.6 Å². The first kappa shape index (κ1) is 12.7. The van der Waals surface area contributed by atoms with Gasteiger partial charge < -0.3 is 15.4 Å². The lowest BCUT2D eigenvalue weighted by Gasteiger charge is -2.33. The van der Waals surface area contributed by atoms with Gasteiger partial charge in [0, 0.05) is 38.5 Å². The molecule has 0 saturated carbocycles. The zero-order chi connectivity index (χ0) is 13.1. The summed E-state index contributed by atoms with van der Waals surface area (Å²) in [6.07, 6.45) is 1.41. The number of rotatable bonds is 2. The third kappa shape index (κ3) is 2.91. The van der Waals surface area contributed by atoms with E-state index in [1.807, 2.05) is 4.90 Å². The van der Waals surface area contributed by atoms with E-state index in [9.17, 15) is 9.18 Å². The first-order valence-electron chi connectivity index (χ1n) is 6.03. The van der Waals surface area contributed by atoms with Crippen molar-refractivity contribution in [2.45, 2.75) is 25.9 Å². The second-order valence-corrected chi connectivity index (χ2v) is 4.51. The van der Waals surface area contributed by atoms with Crippen LogP contribution in [0.4, 0.5) is 15.8 Å². The van der Waals surface area contributed by atoms with Crippen LogP contribution in [-0.2, 0) is 9.53 Å². The molecule has 1 aromatic carbocycles. The molecule has 1 fully saturated rings. The average molecular weight is 252 g/mol. The molecule has 0 unspecified atom stereocenters. The smallest absolute Gasteiger partial charge is 0.302 e. The molecule has 2 N–H and O–H groups in total. The fourth-order valence-corrected chi connectivity index (χ4v) is 2.23. The van der Waals surface area contributed by atoms with Crippen molar-refractivity contribution in [2.24, 2.45) is 0 Å². The summed E-state index contributed by atoms with van der Waals surface area (Å²) in [4.78, 5) is 12.8. The Morgan fingerprint density at radius 2 is 2.11 bits per heavy atom.